The van der Waals surface area contributed by atoms with E-state index in [0.29, 0.717) is 43.9 Å². The summed E-state index contributed by atoms with van der Waals surface area (Å²) < 4.78 is 10.8. The first kappa shape index (κ1) is 63.3. The number of ether oxygens (including phenoxy) is 2. The lowest BCUT2D eigenvalue weighted by molar-refractivity contribution is -0.138. The third-order valence-electron chi connectivity index (χ3n) is 12.3. The van der Waals surface area contributed by atoms with Gasteiger partial charge in [0.05, 0.1) is 32.0 Å². The number of rotatable bonds is 21. The summed E-state index contributed by atoms with van der Waals surface area (Å²) in [5.41, 5.74) is 4.64. The fraction of sp³-hybridized carbons (Fsp3) is 0.589. The van der Waals surface area contributed by atoms with Crippen LogP contribution in [0.2, 0.25) is 0 Å². The van der Waals surface area contributed by atoms with Crippen molar-refractivity contribution < 1.29 is 38.6 Å². The molecule has 4 amide bonds. The first-order valence-electron chi connectivity index (χ1n) is 26.2. The van der Waals surface area contributed by atoms with E-state index in [-0.39, 0.29) is 42.1 Å². The van der Waals surface area contributed by atoms with Crippen molar-refractivity contribution in [3.05, 3.63) is 65.0 Å². The Labute approximate surface area is 440 Å². The molecule has 0 spiro atoms. The van der Waals surface area contributed by atoms with Crippen LogP contribution in [0.3, 0.4) is 0 Å². The number of unbranched alkanes of at least 4 members (excludes halogenated alkanes) is 4. The molecule has 406 valence electrons. The van der Waals surface area contributed by atoms with Gasteiger partial charge in [-0.1, -0.05) is 106 Å². The number of aliphatic carboxylic acids is 1. The average Bonchev–Trinajstić information content (AvgIpc) is 4.08. The normalized spacial score (nSPS) is 14.5. The molecule has 2 aliphatic heterocycles. The van der Waals surface area contributed by atoms with Gasteiger partial charge in [-0.05, 0) is 81.7 Å². The maximum absolute atomic E-state index is 12.5. The number of hydrogen-bond acceptors (Lipinski definition) is 12. The maximum atomic E-state index is 12.5. The number of carboxylic acid groups (broad SMARTS) is 1. The Morgan fingerprint density at radius 2 is 1.64 bits per heavy atom. The topological polar surface area (TPSA) is 204 Å². The quantitative estimate of drug-likeness (QED) is 0.0391. The number of likely N-dealkylation sites (N-methyl/N-ethyl adjacent to an activating group) is 1. The molecule has 73 heavy (non-hydrogen) atoms. The third-order valence-corrected chi connectivity index (χ3v) is 13.1. The zero-order valence-corrected chi connectivity index (χ0v) is 47.0. The summed E-state index contributed by atoms with van der Waals surface area (Å²) in [5.74, 6) is 1.17. The number of fused-ring (bicyclic) bond motifs is 2. The van der Waals surface area contributed by atoms with E-state index in [4.69, 9.17) is 19.6 Å². The van der Waals surface area contributed by atoms with Gasteiger partial charge in [0.1, 0.15) is 23.2 Å². The van der Waals surface area contributed by atoms with Gasteiger partial charge in [0, 0.05) is 73.1 Å². The molecule has 0 bridgehead atoms. The smallest absolute Gasteiger partial charge is 0.303 e. The average molecular weight is 1030 g/mol. The van der Waals surface area contributed by atoms with Crippen molar-refractivity contribution in [1.82, 2.24) is 35.7 Å². The first-order chi connectivity index (χ1) is 34.9. The fourth-order valence-corrected chi connectivity index (χ4v) is 8.99. The van der Waals surface area contributed by atoms with Gasteiger partial charge < -0.3 is 45.6 Å². The van der Waals surface area contributed by atoms with Gasteiger partial charge in [-0.15, -0.1) is 11.3 Å². The number of nitrogens with one attached hydrogen (secondary N) is 4. The van der Waals surface area contributed by atoms with Gasteiger partial charge >= 0.3 is 5.97 Å². The number of likely N-dealkylation sites (tertiary alicyclic amines) is 1. The Hall–Kier alpha value is -5.81. The number of carbonyl (C=O) groups is 5. The molecule has 6 rings (SSSR count). The summed E-state index contributed by atoms with van der Waals surface area (Å²) in [5, 5.41) is 23.6. The largest absolute Gasteiger partial charge is 0.497 e. The van der Waals surface area contributed by atoms with Gasteiger partial charge in [0.25, 0.3) is 5.91 Å². The van der Waals surface area contributed by atoms with E-state index in [9.17, 15) is 24.0 Å². The molecule has 1 fully saturated rings. The highest BCUT2D eigenvalue weighted by molar-refractivity contribution is 7.14. The van der Waals surface area contributed by atoms with E-state index >= 15 is 0 Å². The summed E-state index contributed by atoms with van der Waals surface area (Å²) in [6.45, 7) is 23.6. The van der Waals surface area contributed by atoms with Crippen LogP contribution >= 0.6 is 11.3 Å². The first-order valence-corrected chi connectivity index (χ1v) is 27.0. The zero-order valence-electron chi connectivity index (χ0n) is 46.2. The second kappa shape index (κ2) is 33.8. The van der Waals surface area contributed by atoms with Crippen molar-refractivity contribution in [3.8, 4) is 22.9 Å². The second-order valence-electron chi connectivity index (χ2n) is 19.3. The number of benzene rings is 2. The molecule has 2 aliphatic rings. The highest BCUT2D eigenvalue weighted by atomic mass is 32.1. The van der Waals surface area contributed by atoms with Crippen LogP contribution in [0.15, 0.2) is 53.9 Å². The fourth-order valence-electron chi connectivity index (χ4n) is 8.13. The van der Waals surface area contributed by atoms with Crippen LogP contribution < -0.4 is 30.7 Å². The van der Waals surface area contributed by atoms with Crippen molar-refractivity contribution >= 4 is 57.5 Å². The van der Waals surface area contributed by atoms with Crippen LogP contribution in [0.5, 0.6) is 11.5 Å². The van der Waals surface area contributed by atoms with Gasteiger partial charge in [-0.25, -0.2) is 9.97 Å². The highest BCUT2D eigenvalue weighted by Gasteiger charge is 2.34. The minimum absolute atomic E-state index is 0.0402. The Kier molecular flexibility index (Phi) is 29.3. The molecule has 16 nitrogen and oxygen atoms in total. The molecular weight excluding hydrogens is 945 g/mol. The van der Waals surface area contributed by atoms with Crippen molar-refractivity contribution in [1.29, 1.82) is 0 Å². The third kappa shape index (κ3) is 21.7. The summed E-state index contributed by atoms with van der Waals surface area (Å²) in [4.78, 5) is 69.4. The molecule has 17 heteroatoms. The van der Waals surface area contributed by atoms with Gasteiger partial charge in [-0.2, -0.15) is 0 Å². The van der Waals surface area contributed by atoms with E-state index in [1.165, 1.54) is 37.7 Å². The monoisotopic (exact) mass is 1030 g/mol. The molecule has 0 saturated carbocycles. The number of carboxylic acids is 1. The van der Waals surface area contributed by atoms with Crippen LogP contribution in [-0.4, -0.2) is 127 Å². The van der Waals surface area contributed by atoms with Crippen molar-refractivity contribution in [2.45, 2.75) is 152 Å². The molecule has 2 aromatic carbocycles. The lowest BCUT2D eigenvalue weighted by Crippen LogP contribution is -2.50. The Bertz CT molecular complexity index is 2280. The molecule has 3 atom stereocenters. The number of anilines is 1. The Balaban J connectivity index is 0.000000353. The number of aromatic nitrogens is 2. The number of thiazole rings is 1. The van der Waals surface area contributed by atoms with Crippen molar-refractivity contribution in [3.63, 3.8) is 0 Å². The molecule has 1 saturated heterocycles. The number of hydrogen-bond donors (Lipinski definition) is 5. The van der Waals surface area contributed by atoms with Crippen LogP contribution in [0.4, 0.5) is 5.13 Å². The van der Waals surface area contributed by atoms with Crippen molar-refractivity contribution in [2.24, 2.45) is 11.3 Å². The number of amides is 4. The van der Waals surface area contributed by atoms with Crippen LogP contribution in [0, 0.1) is 11.3 Å². The Morgan fingerprint density at radius 3 is 2.26 bits per heavy atom. The molecule has 2 aromatic heterocycles. The minimum Gasteiger partial charge on any atom is -0.497 e. The predicted molar refractivity (Wildman–Crippen MR) is 297 cm³/mol. The lowest BCUT2D eigenvalue weighted by atomic mass is 9.86. The van der Waals surface area contributed by atoms with Crippen molar-refractivity contribution in [2.75, 3.05) is 59.3 Å². The van der Waals surface area contributed by atoms with E-state index in [1.54, 1.807) is 37.4 Å². The number of nitrogens with zero attached hydrogens (tertiary/aromatic N) is 4. The van der Waals surface area contributed by atoms with Gasteiger partial charge in [0.15, 0.2) is 5.13 Å². The summed E-state index contributed by atoms with van der Waals surface area (Å²) in [6, 6.07) is 15.9. The number of pyridine rings is 1. The van der Waals surface area contributed by atoms with E-state index in [2.05, 4.69) is 80.8 Å². The van der Waals surface area contributed by atoms with E-state index in [0.717, 1.165) is 76.8 Å². The zero-order chi connectivity index (χ0) is 54.5. The van der Waals surface area contributed by atoms with E-state index < -0.39 is 5.97 Å². The Morgan fingerprint density at radius 1 is 0.945 bits per heavy atom. The van der Waals surface area contributed by atoms with Gasteiger partial charge in [0.2, 0.25) is 18.2 Å². The highest BCUT2D eigenvalue weighted by Crippen LogP contribution is 2.33. The molecule has 5 N–H and O–H groups in total. The number of carbonyl (C=O) groups excluding carboxylic acids is 4. The molecule has 0 aliphatic carbocycles. The summed E-state index contributed by atoms with van der Waals surface area (Å²) >= 11 is 1.57. The van der Waals surface area contributed by atoms with Crippen LogP contribution in [0.25, 0.3) is 22.3 Å². The van der Waals surface area contributed by atoms with E-state index in [1.807, 2.05) is 73.6 Å². The number of methoxy groups -OCH3 is 2. The minimum atomic E-state index is -0.745. The molecule has 4 aromatic rings. The maximum Gasteiger partial charge on any atom is 0.303 e. The van der Waals surface area contributed by atoms with Crippen LogP contribution in [0.1, 0.15) is 143 Å². The lowest BCUT2D eigenvalue weighted by Gasteiger charge is -2.37. The standard InChI is InChI=1S/C18H33N3O3.C17H19N3O2S.C16H24N2O.C3H6O2.C2H6/c1-3-4-5-6-7-9-15(2)12-20-18(24)16-10-8-11-21(16)17(23)13-19-14-22;1-10(2)18-17-20-15(9-23-17)14-8-16(22-4)12-6-5-11(21-3)7-13(12)19-14;1-16(2,3)14(17-4)11-18-10-9-12-7-5-6-8-13(12)15(18)19;1-2-3(4)5;1-2/h14-16H,3-13H2,1-2H3,(H,19,22)(H,20,24);5-10H,1-4H3,(H,18,20);5-8,14,17H,9-11H2,1-4H3;2H2,1H3,(H,4,5);1-2H3/t15?,16-;;;;/m0..../s1. The van der Waals surface area contributed by atoms with Crippen LogP contribution in [-0.2, 0) is 25.6 Å². The summed E-state index contributed by atoms with van der Waals surface area (Å²) in [7, 11) is 5.28. The molecule has 2 unspecified atom stereocenters. The predicted octanol–water partition coefficient (Wildman–Crippen LogP) is 9.86. The second-order valence-corrected chi connectivity index (χ2v) is 20.2. The molecular formula is C56H88N8O8S. The SMILES string of the molecule is CC.CCC(=O)O.CCCCCCCC(C)CNC(=O)[C@@H]1CCCN1C(=O)CNC=O.CNC(CN1CCc2ccccc2C1=O)C(C)(C)C.COc1ccc2c(OC)cc(-c3csc(NC(C)C)n3)nc2c1. The summed E-state index contributed by atoms with van der Waals surface area (Å²) in [6.07, 6.45) is 10.7. The van der Waals surface area contributed by atoms with Gasteiger partial charge in [-0.3, -0.25) is 24.0 Å². The molecule has 4 heterocycles. The molecule has 0 radical (unpaired) electrons.